The molecule has 4 heterocycles. The second kappa shape index (κ2) is 6.24. The number of nitrogens with zero attached hydrogens (tertiary/aromatic N) is 6. The lowest BCUT2D eigenvalue weighted by Gasteiger charge is -2.46. The van der Waals surface area contributed by atoms with Gasteiger partial charge in [0.05, 0.1) is 42.1 Å². The monoisotopic (exact) mass is 372 g/mol. The van der Waals surface area contributed by atoms with E-state index in [0.29, 0.717) is 0 Å². The van der Waals surface area contributed by atoms with Crippen molar-refractivity contribution in [2.75, 3.05) is 16.5 Å². The Kier molecular flexibility index (Phi) is 3.70. The SMILES string of the molecule is O.c1cc2c(c(-n3ccnc3)c1)N1Cc3cccc(-n4ccnc4)c3N(C2)C1. The molecule has 0 amide bonds. The molecule has 0 atom stereocenters. The highest BCUT2D eigenvalue weighted by Crippen LogP contribution is 2.43. The van der Waals surface area contributed by atoms with E-state index in [1.54, 1.807) is 0 Å². The summed E-state index contributed by atoms with van der Waals surface area (Å²) in [6.07, 6.45) is 11.4. The van der Waals surface area contributed by atoms with Gasteiger partial charge in [-0.25, -0.2) is 9.97 Å². The average molecular weight is 372 g/mol. The van der Waals surface area contributed by atoms with Crippen LogP contribution in [-0.2, 0) is 13.1 Å². The molecular formula is C21H20N6O. The Morgan fingerprint density at radius 2 is 1.18 bits per heavy atom. The van der Waals surface area contributed by atoms with Gasteiger partial charge in [0.15, 0.2) is 0 Å². The van der Waals surface area contributed by atoms with E-state index in [1.165, 1.54) is 33.9 Å². The molecule has 4 aromatic rings. The van der Waals surface area contributed by atoms with E-state index in [4.69, 9.17) is 0 Å². The Bertz CT molecular complexity index is 1030. The van der Waals surface area contributed by atoms with Gasteiger partial charge in [-0.3, -0.25) is 0 Å². The zero-order valence-electron chi connectivity index (χ0n) is 15.2. The van der Waals surface area contributed by atoms with E-state index < -0.39 is 0 Å². The molecule has 140 valence electrons. The van der Waals surface area contributed by atoms with Crippen LogP contribution in [0.2, 0.25) is 0 Å². The summed E-state index contributed by atoms with van der Waals surface area (Å²) >= 11 is 0. The standard InChI is InChI=1S/C21H18N6.H2O/c1-3-16-11-26-15-27(20(16)18(5-1)24-9-7-22-13-24)12-17-4-2-6-19(21(17)26)25-10-8-23-14-25;/h1-10,13-14H,11-12,15H2;1H2. The summed E-state index contributed by atoms with van der Waals surface area (Å²) in [5.74, 6) is 0. The first-order valence-corrected chi connectivity index (χ1v) is 9.09. The molecular weight excluding hydrogens is 352 g/mol. The number of hydrogen-bond donors (Lipinski definition) is 0. The molecule has 2 aliphatic heterocycles. The van der Waals surface area contributed by atoms with Crippen molar-refractivity contribution in [3.63, 3.8) is 0 Å². The summed E-state index contributed by atoms with van der Waals surface area (Å²) in [6, 6.07) is 13.1. The number of rotatable bonds is 2. The normalized spacial score (nSPS) is 14.3. The molecule has 2 bridgehead atoms. The zero-order valence-corrected chi connectivity index (χ0v) is 15.2. The molecule has 2 aromatic carbocycles. The number of anilines is 2. The van der Waals surface area contributed by atoms with Gasteiger partial charge in [0.25, 0.3) is 0 Å². The van der Waals surface area contributed by atoms with Crippen LogP contribution in [0.5, 0.6) is 0 Å². The molecule has 0 unspecified atom stereocenters. The van der Waals surface area contributed by atoms with Crippen molar-refractivity contribution in [1.29, 1.82) is 0 Å². The fourth-order valence-electron chi connectivity index (χ4n) is 4.38. The maximum atomic E-state index is 4.23. The van der Waals surface area contributed by atoms with Gasteiger partial charge in [-0.05, 0) is 23.3 Å². The van der Waals surface area contributed by atoms with Crippen LogP contribution < -0.4 is 9.80 Å². The third kappa shape index (κ3) is 2.33. The molecule has 2 N–H and O–H groups in total. The molecule has 0 spiro atoms. The first kappa shape index (κ1) is 16.6. The van der Waals surface area contributed by atoms with Gasteiger partial charge >= 0.3 is 0 Å². The molecule has 7 heteroatoms. The molecule has 7 nitrogen and oxygen atoms in total. The molecule has 0 saturated heterocycles. The van der Waals surface area contributed by atoms with E-state index in [2.05, 4.69) is 65.3 Å². The summed E-state index contributed by atoms with van der Waals surface area (Å²) in [6.45, 7) is 2.68. The lowest BCUT2D eigenvalue weighted by molar-refractivity contribution is 0.646. The first-order valence-electron chi connectivity index (χ1n) is 9.09. The fraction of sp³-hybridized carbons (Fsp3) is 0.143. The molecule has 0 saturated carbocycles. The highest BCUT2D eigenvalue weighted by molar-refractivity contribution is 5.78. The number of imidazole rings is 2. The molecule has 28 heavy (non-hydrogen) atoms. The minimum absolute atomic E-state index is 0. The Morgan fingerprint density at radius 3 is 1.61 bits per heavy atom. The third-order valence-corrected chi connectivity index (χ3v) is 5.46. The fourth-order valence-corrected chi connectivity index (χ4v) is 4.38. The highest BCUT2D eigenvalue weighted by Gasteiger charge is 2.32. The van der Waals surface area contributed by atoms with Crippen LogP contribution in [0.25, 0.3) is 11.4 Å². The van der Waals surface area contributed by atoms with Crippen molar-refractivity contribution in [3.8, 4) is 11.4 Å². The van der Waals surface area contributed by atoms with E-state index in [1.807, 2.05) is 37.4 Å². The van der Waals surface area contributed by atoms with Gasteiger partial charge in [-0.15, -0.1) is 0 Å². The van der Waals surface area contributed by atoms with E-state index in [0.717, 1.165) is 19.8 Å². The lowest BCUT2D eigenvalue weighted by Crippen LogP contribution is -2.47. The lowest BCUT2D eigenvalue weighted by atomic mass is 9.99. The number of fused-ring (bicyclic) bond motifs is 6. The van der Waals surface area contributed by atoms with Crippen LogP contribution in [0, 0.1) is 0 Å². The summed E-state index contributed by atoms with van der Waals surface area (Å²) < 4.78 is 4.21. The summed E-state index contributed by atoms with van der Waals surface area (Å²) in [5.41, 5.74) is 7.70. The predicted molar refractivity (Wildman–Crippen MR) is 108 cm³/mol. The maximum Gasteiger partial charge on any atom is 0.0992 e. The molecule has 2 aromatic heterocycles. The predicted octanol–water partition coefficient (Wildman–Crippen LogP) is 2.53. The van der Waals surface area contributed by atoms with Crippen molar-refractivity contribution < 1.29 is 5.48 Å². The zero-order chi connectivity index (χ0) is 17.8. The topological polar surface area (TPSA) is 73.6 Å². The van der Waals surface area contributed by atoms with E-state index in [9.17, 15) is 0 Å². The van der Waals surface area contributed by atoms with Crippen LogP contribution in [0.3, 0.4) is 0 Å². The second-order valence-electron chi connectivity index (χ2n) is 7.05. The van der Waals surface area contributed by atoms with Gasteiger partial charge in [0.1, 0.15) is 0 Å². The van der Waals surface area contributed by atoms with Gasteiger partial charge < -0.3 is 24.4 Å². The Hall–Kier alpha value is -3.58. The first-order chi connectivity index (χ1) is 13.4. The van der Waals surface area contributed by atoms with Crippen molar-refractivity contribution >= 4 is 11.4 Å². The maximum absolute atomic E-state index is 4.23. The number of benzene rings is 2. The van der Waals surface area contributed by atoms with Crippen molar-refractivity contribution in [1.82, 2.24) is 19.1 Å². The molecule has 6 rings (SSSR count). The molecule has 2 aliphatic rings. The third-order valence-electron chi connectivity index (χ3n) is 5.46. The van der Waals surface area contributed by atoms with Crippen LogP contribution in [0.1, 0.15) is 11.1 Å². The van der Waals surface area contributed by atoms with Crippen LogP contribution in [-0.4, -0.2) is 31.2 Å². The van der Waals surface area contributed by atoms with Gasteiger partial charge in [-0.2, -0.15) is 0 Å². The Balaban J connectivity index is 0.00000171. The minimum Gasteiger partial charge on any atom is -0.412 e. The number of aromatic nitrogens is 4. The molecule has 0 fully saturated rings. The number of para-hydroxylation sites is 2. The average Bonchev–Trinajstić information content (AvgIpc) is 3.41. The Morgan fingerprint density at radius 1 is 0.679 bits per heavy atom. The van der Waals surface area contributed by atoms with Crippen molar-refractivity contribution in [2.45, 2.75) is 13.1 Å². The van der Waals surface area contributed by atoms with Crippen LogP contribution in [0.15, 0.2) is 73.8 Å². The largest absolute Gasteiger partial charge is 0.412 e. The molecule has 0 aliphatic carbocycles. The second-order valence-corrected chi connectivity index (χ2v) is 7.05. The van der Waals surface area contributed by atoms with Crippen LogP contribution >= 0.6 is 0 Å². The minimum atomic E-state index is 0. The quantitative estimate of drug-likeness (QED) is 0.542. The van der Waals surface area contributed by atoms with Crippen molar-refractivity contribution in [3.05, 3.63) is 85.0 Å². The summed E-state index contributed by atoms with van der Waals surface area (Å²) in [7, 11) is 0. The number of hydrogen-bond acceptors (Lipinski definition) is 4. The van der Waals surface area contributed by atoms with Crippen LogP contribution in [0.4, 0.5) is 11.4 Å². The van der Waals surface area contributed by atoms with Gasteiger partial charge in [-0.1, -0.05) is 24.3 Å². The highest BCUT2D eigenvalue weighted by atomic mass is 16.0. The smallest absolute Gasteiger partial charge is 0.0992 e. The van der Waals surface area contributed by atoms with Crippen molar-refractivity contribution in [2.24, 2.45) is 0 Å². The van der Waals surface area contributed by atoms with Gasteiger partial charge in [0, 0.05) is 37.9 Å². The summed E-state index contributed by atoms with van der Waals surface area (Å²) in [5, 5.41) is 0. The van der Waals surface area contributed by atoms with Gasteiger partial charge in [0.2, 0.25) is 0 Å². The van der Waals surface area contributed by atoms with E-state index in [-0.39, 0.29) is 5.48 Å². The Labute approximate surface area is 162 Å². The summed E-state index contributed by atoms with van der Waals surface area (Å²) in [4.78, 5) is 13.4. The van der Waals surface area contributed by atoms with E-state index >= 15 is 0 Å². The molecule has 0 radical (unpaired) electrons.